The standard InChI is InChI=1S/C27H29N7O/c1-27(2,17-29)19-12-14-34(15-13-19)21-10-8-20(9-11-21)31-26-23(24(30)35)22(16-28)32-25(33-26)18-6-4-3-5-7-18/h3-11,16,19,28H,12-15H2,1-2H3,(H2,30,35)(H,31,32,33). The number of nitrogens with two attached hydrogens (primary N) is 1. The smallest absolute Gasteiger partial charge is 0.254 e. The molecule has 0 unspecified atom stereocenters. The van der Waals surface area contributed by atoms with Gasteiger partial charge in [-0.15, -0.1) is 0 Å². The summed E-state index contributed by atoms with van der Waals surface area (Å²) in [6.45, 7) is 5.86. The van der Waals surface area contributed by atoms with Crippen LogP contribution < -0.4 is 16.0 Å². The number of nitrogens with one attached hydrogen (secondary N) is 2. The van der Waals surface area contributed by atoms with Crippen LogP contribution >= 0.6 is 0 Å². The number of nitriles is 1. The van der Waals surface area contributed by atoms with Crippen LogP contribution in [-0.2, 0) is 0 Å². The highest BCUT2D eigenvalue weighted by molar-refractivity contribution is 6.04. The second-order valence-corrected chi connectivity index (χ2v) is 9.30. The van der Waals surface area contributed by atoms with Crippen LogP contribution in [0.1, 0.15) is 42.7 Å². The maximum absolute atomic E-state index is 12.2. The van der Waals surface area contributed by atoms with Crippen LogP contribution in [-0.4, -0.2) is 35.2 Å². The molecule has 2 heterocycles. The van der Waals surface area contributed by atoms with E-state index in [1.807, 2.05) is 68.4 Å². The molecule has 35 heavy (non-hydrogen) atoms. The van der Waals surface area contributed by atoms with Crippen LogP contribution in [0.3, 0.4) is 0 Å². The quantitative estimate of drug-likeness (QED) is 0.430. The number of hydrogen-bond donors (Lipinski definition) is 3. The van der Waals surface area contributed by atoms with E-state index in [1.54, 1.807) is 0 Å². The van der Waals surface area contributed by atoms with Crippen LogP contribution in [0.15, 0.2) is 54.6 Å². The van der Waals surface area contributed by atoms with Gasteiger partial charge in [-0.1, -0.05) is 30.3 Å². The summed E-state index contributed by atoms with van der Waals surface area (Å²) in [5.74, 6) is 0.357. The molecule has 8 heteroatoms. The Hall–Kier alpha value is -4.25. The number of rotatable bonds is 7. The minimum atomic E-state index is -0.703. The zero-order chi connectivity index (χ0) is 25.0. The van der Waals surface area contributed by atoms with Gasteiger partial charge in [-0.25, -0.2) is 9.97 Å². The number of carbonyl (C=O) groups excluding carboxylic acids is 1. The molecule has 1 aliphatic rings. The Balaban J connectivity index is 1.56. The van der Waals surface area contributed by atoms with Crippen molar-refractivity contribution in [3.05, 3.63) is 65.9 Å². The van der Waals surface area contributed by atoms with Crippen molar-refractivity contribution in [1.82, 2.24) is 9.97 Å². The van der Waals surface area contributed by atoms with Crippen LogP contribution in [0.25, 0.3) is 11.4 Å². The topological polar surface area (TPSA) is 132 Å². The molecule has 1 saturated heterocycles. The molecule has 4 N–H and O–H groups in total. The molecule has 0 spiro atoms. The number of benzene rings is 2. The maximum Gasteiger partial charge on any atom is 0.254 e. The molecule has 3 aromatic rings. The molecule has 0 saturated carbocycles. The third-order valence-corrected chi connectivity index (χ3v) is 6.65. The summed E-state index contributed by atoms with van der Waals surface area (Å²) in [5, 5.41) is 20.4. The molecule has 0 radical (unpaired) electrons. The van der Waals surface area contributed by atoms with Crippen LogP contribution in [0.4, 0.5) is 17.2 Å². The van der Waals surface area contributed by atoms with Crippen molar-refractivity contribution in [3.8, 4) is 17.5 Å². The Morgan fingerprint density at radius 3 is 2.37 bits per heavy atom. The summed E-state index contributed by atoms with van der Waals surface area (Å²) < 4.78 is 0. The fraction of sp³-hybridized carbons (Fsp3) is 0.296. The summed E-state index contributed by atoms with van der Waals surface area (Å²) in [6.07, 6.45) is 2.98. The van der Waals surface area contributed by atoms with Crippen molar-refractivity contribution in [2.45, 2.75) is 26.7 Å². The van der Waals surface area contributed by atoms with Gasteiger partial charge in [-0.05, 0) is 56.9 Å². The Morgan fingerprint density at radius 1 is 1.14 bits per heavy atom. The lowest BCUT2D eigenvalue weighted by molar-refractivity contribution is 0.100. The molecular weight excluding hydrogens is 438 g/mol. The Kier molecular flexibility index (Phi) is 6.78. The van der Waals surface area contributed by atoms with Crippen molar-refractivity contribution < 1.29 is 4.79 Å². The molecular formula is C27H29N7O. The highest BCUT2D eigenvalue weighted by Crippen LogP contribution is 2.36. The van der Waals surface area contributed by atoms with Gasteiger partial charge in [0.15, 0.2) is 5.82 Å². The van der Waals surface area contributed by atoms with E-state index in [9.17, 15) is 10.1 Å². The Morgan fingerprint density at radius 2 is 1.80 bits per heavy atom. The molecule has 4 rings (SSSR count). The molecule has 1 aromatic heterocycles. The predicted octanol–water partition coefficient (Wildman–Crippen LogP) is 4.75. The van der Waals surface area contributed by atoms with Crippen molar-refractivity contribution in [1.29, 1.82) is 10.7 Å². The number of aromatic nitrogens is 2. The van der Waals surface area contributed by atoms with E-state index in [0.717, 1.165) is 49.1 Å². The Labute approximate surface area is 205 Å². The van der Waals surface area contributed by atoms with Crippen LogP contribution in [0.5, 0.6) is 0 Å². The zero-order valence-corrected chi connectivity index (χ0v) is 20.0. The van der Waals surface area contributed by atoms with Gasteiger partial charge in [0, 0.05) is 36.2 Å². The molecule has 1 fully saturated rings. The summed E-state index contributed by atoms with van der Waals surface area (Å²) in [6, 6.07) is 19.7. The summed E-state index contributed by atoms with van der Waals surface area (Å²) in [4.78, 5) is 23.4. The van der Waals surface area contributed by atoms with Gasteiger partial charge in [0.25, 0.3) is 5.91 Å². The first-order chi connectivity index (χ1) is 16.8. The van der Waals surface area contributed by atoms with E-state index in [-0.39, 0.29) is 22.5 Å². The summed E-state index contributed by atoms with van der Waals surface area (Å²) in [5.41, 5.74) is 8.17. The van der Waals surface area contributed by atoms with Crippen LogP contribution in [0, 0.1) is 28.1 Å². The molecule has 1 amide bonds. The first-order valence-corrected chi connectivity index (χ1v) is 11.6. The minimum Gasteiger partial charge on any atom is -0.372 e. The number of hydrogen-bond acceptors (Lipinski definition) is 7. The normalized spacial score (nSPS) is 14.3. The molecule has 178 valence electrons. The molecule has 0 aliphatic carbocycles. The number of carbonyl (C=O) groups is 1. The van der Waals surface area contributed by atoms with Crippen molar-refractivity contribution >= 4 is 29.3 Å². The van der Waals surface area contributed by atoms with Crippen molar-refractivity contribution in [2.75, 3.05) is 23.3 Å². The average molecular weight is 468 g/mol. The fourth-order valence-electron chi connectivity index (χ4n) is 4.48. The van der Waals surface area contributed by atoms with Gasteiger partial charge in [-0.3, -0.25) is 4.79 Å². The van der Waals surface area contributed by atoms with E-state index in [4.69, 9.17) is 11.1 Å². The first kappa shape index (κ1) is 23.9. The Bertz CT molecular complexity index is 1260. The number of primary amides is 1. The van der Waals surface area contributed by atoms with Crippen molar-refractivity contribution in [2.24, 2.45) is 17.1 Å². The predicted molar refractivity (Wildman–Crippen MR) is 138 cm³/mol. The summed E-state index contributed by atoms with van der Waals surface area (Å²) in [7, 11) is 0. The molecule has 8 nitrogen and oxygen atoms in total. The average Bonchev–Trinajstić information content (AvgIpc) is 2.89. The molecule has 0 bridgehead atoms. The number of piperidine rings is 1. The lowest BCUT2D eigenvalue weighted by Gasteiger charge is -2.38. The second kappa shape index (κ2) is 9.94. The van der Waals surface area contributed by atoms with E-state index < -0.39 is 5.91 Å². The molecule has 0 atom stereocenters. The van der Waals surface area contributed by atoms with Crippen LogP contribution in [0.2, 0.25) is 0 Å². The van der Waals surface area contributed by atoms with E-state index in [2.05, 4.69) is 26.3 Å². The van der Waals surface area contributed by atoms with Gasteiger partial charge in [0.1, 0.15) is 11.4 Å². The largest absolute Gasteiger partial charge is 0.372 e. The van der Waals surface area contributed by atoms with E-state index >= 15 is 0 Å². The lowest BCUT2D eigenvalue weighted by Crippen LogP contribution is -2.38. The van der Waals surface area contributed by atoms with Crippen molar-refractivity contribution in [3.63, 3.8) is 0 Å². The monoisotopic (exact) mass is 467 g/mol. The highest BCUT2D eigenvalue weighted by atomic mass is 16.1. The third-order valence-electron chi connectivity index (χ3n) is 6.65. The van der Waals surface area contributed by atoms with E-state index in [1.165, 1.54) is 0 Å². The van der Waals surface area contributed by atoms with Gasteiger partial charge >= 0.3 is 0 Å². The number of nitrogens with zero attached hydrogens (tertiary/aromatic N) is 4. The first-order valence-electron chi connectivity index (χ1n) is 11.6. The lowest BCUT2D eigenvalue weighted by atomic mass is 9.75. The highest BCUT2D eigenvalue weighted by Gasteiger charge is 2.32. The second-order valence-electron chi connectivity index (χ2n) is 9.30. The fourth-order valence-corrected chi connectivity index (χ4v) is 4.48. The molecule has 1 aliphatic heterocycles. The van der Waals surface area contributed by atoms with E-state index in [0.29, 0.717) is 11.7 Å². The van der Waals surface area contributed by atoms with Gasteiger partial charge in [0.2, 0.25) is 0 Å². The summed E-state index contributed by atoms with van der Waals surface area (Å²) >= 11 is 0. The van der Waals surface area contributed by atoms with Gasteiger partial charge in [-0.2, -0.15) is 5.26 Å². The SMILES string of the molecule is CC(C)(C#N)C1CCN(c2ccc(Nc3nc(-c4ccccc4)nc(C=N)c3C(N)=O)cc2)CC1. The number of anilines is 3. The molecule has 2 aromatic carbocycles. The zero-order valence-electron chi connectivity index (χ0n) is 20.0. The van der Waals surface area contributed by atoms with Gasteiger partial charge < -0.3 is 21.4 Å². The maximum atomic E-state index is 12.2. The number of amides is 1. The minimum absolute atomic E-state index is 0.0749. The third kappa shape index (κ3) is 5.14. The van der Waals surface area contributed by atoms with Gasteiger partial charge in [0.05, 0.1) is 17.2 Å².